The summed E-state index contributed by atoms with van der Waals surface area (Å²) in [4.78, 5) is 12.0. The summed E-state index contributed by atoms with van der Waals surface area (Å²) in [6.45, 7) is 2.66. The van der Waals surface area contributed by atoms with Gasteiger partial charge in [0.1, 0.15) is 0 Å². The molecule has 0 amide bonds. The summed E-state index contributed by atoms with van der Waals surface area (Å²) < 4.78 is 10.6. The molecule has 0 unspecified atom stereocenters. The van der Waals surface area contributed by atoms with Crippen molar-refractivity contribution >= 4 is 35.6 Å². The topological polar surface area (TPSA) is 72.0 Å². The lowest BCUT2D eigenvalue weighted by molar-refractivity contribution is -0.129. The van der Waals surface area contributed by atoms with Gasteiger partial charge in [0.25, 0.3) is 0 Å². The molecule has 0 bridgehead atoms. The van der Waals surface area contributed by atoms with Gasteiger partial charge < -0.3 is 14.8 Å². The number of methoxy groups -OCH3 is 1. The summed E-state index contributed by atoms with van der Waals surface area (Å²) in [5, 5.41) is 7.40. The predicted molar refractivity (Wildman–Crippen MR) is 111 cm³/mol. The van der Waals surface area contributed by atoms with E-state index in [2.05, 4.69) is 15.8 Å². The largest absolute Gasteiger partial charge is 0.493 e. The molecule has 0 aliphatic rings. The molecule has 0 aliphatic carbocycles. The van der Waals surface area contributed by atoms with E-state index in [1.54, 1.807) is 30.5 Å². The molecule has 7 heteroatoms. The van der Waals surface area contributed by atoms with E-state index >= 15 is 0 Å². The third kappa shape index (κ3) is 6.91. The van der Waals surface area contributed by atoms with Crippen LogP contribution in [0.5, 0.6) is 11.5 Å². The molecule has 6 nitrogen and oxygen atoms in total. The van der Waals surface area contributed by atoms with Crippen molar-refractivity contribution in [1.82, 2.24) is 10.7 Å². The molecule has 2 aromatic carbocycles. The van der Waals surface area contributed by atoms with Gasteiger partial charge in [-0.3, -0.25) is 5.43 Å². The van der Waals surface area contributed by atoms with Gasteiger partial charge in [-0.05, 0) is 54.5 Å². The van der Waals surface area contributed by atoms with E-state index < -0.39 is 5.97 Å². The number of nitrogens with one attached hydrogen (secondary N) is 2. The number of carbonyl (C=O) groups excluding carboxylic acids is 1. The first kappa shape index (κ1) is 20.1. The fourth-order valence-electron chi connectivity index (χ4n) is 2.09. The maximum absolute atomic E-state index is 12.0. The zero-order valence-electron chi connectivity index (χ0n) is 15.1. The van der Waals surface area contributed by atoms with Gasteiger partial charge in [0.2, 0.25) is 0 Å². The van der Waals surface area contributed by atoms with Crippen LogP contribution in [0.4, 0.5) is 0 Å². The molecule has 0 aliphatic heterocycles. The van der Waals surface area contributed by atoms with Crippen LogP contribution < -0.4 is 20.2 Å². The molecule has 0 atom stereocenters. The summed E-state index contributed by atoms with van der Waals surface area (Å²) in [5.41, 5.74) is 4.38. The number of thiocarbonyl (C=S) groups is 1. The summed E-state index contributed by atoms with van der Waals surface area (Å²) in [6, 6.07) is 14.6. The van der Waals surface area contributed by atoms with E-state index in [-0.39, 0.29) is 0 Å². The molecule has 2 rings (SSSR count). The Balaban J connectivity index is 2.01. The molecule has 0 radical (unpaired) electrons. The number of nitrogens with zero attached hydrogens (tertiary/aromatic N) is 1. The number of hydrazone groups is 1. The van der Waals surface area contributed by atoms with Crippen molar-refractivity contribution in [2.75, 3.05) is 13.7 Å². The second-order valence-electron chi connectivity index (χ2n) is 5.30. The molecular formula is C20H21N3O3S. The lowest BCUT2D eigenvalue weighted by Gasteiger charge is -2.08. The molecular weight excluding hydrogens is 362 g/mol. The van der Waals surface area contributed by atoms with E-state index in [0.29, 0.717) is 23.2 Å². The Bertz CT molecular complexity index is 836. The molecule has 0 spiro atoms. The average molecular weight is 383 g/mol. The Morgan fingerprint density at radius 3 is 2.63 bits per heavy atom. The van der Waals surface area contributed by atoms with Crippen LogP contribution in [0.15, 0.2) is 59.7 Å². The van der Waals surface area contributed by atoms with Crippen molar-refractivity contribution in [1.29, 1.82) is 0 Å². The summed E-state index contributed by atoms with van der Waals surface area (Å²) in [5.74, 6) is 0.263. The standard InChI is InChI=1S/C20H21N3O3S/c1-3-21-20(27)23-22-14-16-9-11-17(18(13-16)25-2)26-19(24)12-10-15-7-5-4-6-8-15/h4-14H,3H2,1-2H3,(H2,21,23,27)/b12-10+,22-14-. The summed E-state index contributed by atoms with van der Waals surface area (Å²) in [6.07, 6.45) is 4.65. The molecule has 27 heavy (non-hydrogen) atoms. The van der Waals surface area contributed by atoms with Gasteiger partial charge >= 0.3 is 5.97 Å². The summed E-state index contributed by atoms with van der Waals surface area (Å²) in [7, 11) is 1.51. The number of benzene rings is 2. The Hall–Kier alpha value is -3.19. The number of carbonyl (C=O) groups is 1. The third-order valence-electron chi connectivity index (χ3n) is 3.33. The van der Waals surface area contributed by atoms with Crippen LogP contribution in [-0.4, -0.2) is 31.0 Å². The number of hydrogen-bond donors (Lipinski definition) is 2. The van der Waals surface area contributed by atoms with Crippen molar-refractivity contribution in [3.8, 4) is 11.5 Å². The van der Waals surface area contributed by atoms with Crippen LogP contribution in [0.1, 0.15) is 18.1 Å². The molecule has 0 saturated carbocycles. The second kappa shape index (κ2) is 10.7. The fourth-order valence-corrected chi connectivity index (χ4v) is 2.28. The van der Waals surface area contributed by atoms with E-state index in [0.717, 1.165) is 11.1 Å². The first-order chi connectivity index (χ1) is 13.1. The van der Waals surface area contributed by atoms with Gasteiger partial charge in [-0.25, -0.2) is 4.79 Å². The quantitative estimate of drug-likeness (QED) is 0.191. The highest BCUT2D eigenvalue weighted by Crippen LogP contribution is 2.27. The van der Waals surface area contributed by atoms with Gasteiger partial charge in [-0.2, -0.15) is 5.10 Å². The van der Waals surface area contributed by atoms with E-state index in [4.69, 9.17) is 21.7 Å². The lowest BCUT2D eigenvalue weighted by atomic mass is 10.2. The zero-order valence-corrected chi connectivity index (χ0v) is 16.0. The van der Waals surface area contributed by atoms with Crippen LogP contribution in [0.2, 0.25) is 0 Å². The maximum atomic E-state index is 12.0. The van der Waals surface area contributed by atoms with Crippen LogP contribution in [-0.2, 0) is 4.79 Å². The molecule has 2 aromatic rings. The highest BCUT2D eigenvalue weighted by molar-refractivity contribution is 7.80. The highest BCUT2D eigenvalue weighted by atomic mass is 32.1. The maximum Gasteiger partial charge on any atom is 0.336 e. The first-order valence-corrected chi connectivity index (χ1v) is 8.73. The zero-order chi connectivity index (χ0) is 19.5. The minimum atomic E-state index is -0.490. The lowest BCUT2D eigenvalue weighted by Crippen LogP contribution is -2.31. The molecule has 0 heterocycles. The third-order valence-corrected chi connectivity index (χ3v) is 3.56. The van der Waals surface area contributed by atoms with E-state index in [1.807, 2.05) is 37.3 Å². The molecule has 0 aromatic heterocycles. The van der Waals surface area contributed by atoms with Crippen LogP contribution >= 0.6 is 12.2 Å². The highest BCUT2D eigenvalue weighted by Gasteiger charge is 2.08. The second-order valence-corrected chi connectivity index (χ2v) is 5.71. The average Bonchev–Trinajstić information content (AvgIpc) is 2.68. The Morgan fingerprint density at radius 1 is 1.15 bits per heavy atom. The van der Waals surface area contributed by atoms with Crippen molar-refractivity contribution in [2.24, 2.45) is 5.10 Å². The molecule has 2 N–H and O–H groups in total. The van der Waals surface area contributed by atoms with Gasteiger partial charge in [0.05, 0.1) is 13.3 Å². The van der Waals surface area contributed by atoms with Crippen molar-refractivity contribution < 1.29 is 14.3 Å². The van der Waals surface area contributed by atoms with Crippen LogP contribution in [0.25, 0.3) is 6.08 Å². The Labute approximate surface area is 163 Å². The molecule has 0 saturated heterocycles. The summed E-state index contributed by atoms with van der Waals surface area (Å²) >= 11 is 5.02. The van der Waals surface area contributed by atoms with Gasteiger partial charge in [0, 0.05) is 12.6 Å². The normalized spacial score (nSPS) is 10.7. The van der Waals surface area contributed by atoms with Crippen LogP contribution in [0, 0.1) is 0 Å². The van der Waals surface area contributed by atoms with E-state index in [9.17, 15) is 4.79 Å². The number of esters is 1. The van der Waals surface area contributed by atoms with E-state index in [1.165, 1.54) is 13.2 Å². The Morgan fingerprint density at radius 2 is 1.93 bits per heavy atom. The molecule has 0 fully saturated rings. The monoisotopic (exact) mass is 383 g/mol. The van der Waals surface area contributed by atoms with Crippen molar-refractivity contribution in [3.05, 3.63) is 65.7 Å². The van der Waals surface area contributed by atoms with Crippen molar-refractivity contribution in [2.45, 2.75) is 6.92 Å². The first-order valence-electron chi connectivity index (χ1n) is 8.32. The minimum absolute atomic E-state index is 0.327. The number of rotatable bonds is 7. The fraction of sp³-hybridized carbons (Fsp3) is 0.150. The minimum Gasteiger partial charge on any atom is -0.493 e. The van der Waals surface area contributed by atoms with Gasteiger partial charge in [-0.1, -0.05) is 30.3 Å². The number of hydrogen-bond acceptors (Lipinski definition) is 5. The number of ether oxygens (including phenoxy) is 2. The van der Waals surface area contributed by atoms with Gasteiger partial charge in [-0.15, -0.1) is 0 Å². The van der Waals surface area contributed by atoms with Crippen molar-refractivity contribution in [3.63, 3.8) is 0 Å². The Kier molecular flexibility index (Phi) is 7.99. The SMILES string of the molecule is CCNC(=S)N/N=C\c1ccc(OC(=O)/C=C/c2ccccc2)c(OC)c1. The smallest absolute Gasteiger partial charge is 0.336 e. The molecule has 140 valence electrons. The predicted octanol–water partition coefficient (Wildman–Crippen LogP) is 3.13. The van der Waals surface area contributed by atoms with Gasteiger partial charge in [0.15, 0.2) is 16.6 Å². The van der Waals surface area contributed by atoms with Crippen LogP contribution in [0.3, 0.4) is 0 Å².